The second-order valence-corrected chi connectivity index (χ2v) is 6.27. The molecule has 6 heteroatoms. The van der Waals surface area contributed by atoms with Crippen molar-refractivity contribution in [1.29, 1.82) is 0 Å². The van der Waals surface area contributed by atoms with Crippen molar-refractivity contribution in [3.05, 3.63) is 58.6 Å². The number of benzene rings is 1. The van der Waals surface area contributed by atoms with Gasteiger partial charge in [-0.15, -0.1) is 11.3 Å². The van der Waals surface area contributed by atoms with Crippen LogP contribution in [0.2, 0.25) is 0 Å². The van der Waals surface area contributed by atoms with Gasteiger partial charge in [0, 0.05) is 17.0 Å². The van der Waals surface area contributed by atoms with Crippen LogP contribution in [0, 0.1) is 0 Å². The standard InChI is InChI=1S/C17H16N2O3S/c1-17(21,14-7-4-10-23-14)11-18-15(20)8-9-16-19-12-5-2-3-6-13(12)22-16/h2-10,21H,11H2,1H3,(H,18,20). The van der Waals surface area contributed by atoms with Crippen LogP contribution >= 0.6 is 11.3 Å². The molecule has 3 aromatic rings. The smallest absolute Gasteiger partial charge is 0.244 e. The molecule has 1 amide bonds. The van der Waals surface area contributed by atoms with Crippen LogP contribution in [0.25, 0.3) is 17.2 Å². The number of hydrogen-bond acceptors (Lipinski definition) is 5. The summed E-state index contributed by atoms with van der Waals surface area (Å²) < 4.78 is 5.50. The van der Waals surface area contributed by atoms with Crippen LogP contribution in [-0.4, -0.2) is 22.5 Å². The van der Waals surface area contributed by atoms with E-state index in [1.807, 2.05) is 41.8 Å². The second kappa shape index (κ2) is 6.36. The number of aliphatic hydroxyl groups is 1. The van der Waals surface area contributed by atoms with E-state index in [4.69, 9.17) is 4.42 Å². The van der Waals surface area contributed by atoms with E-state index in [2.05, 4.69) is 10.3 Å². The van der Waals surface area contributed by atoms with E-state index in [-0.39, 0.29) is 12.5 Å². The highest BCUT2D eigenvalue weighted by Crippen LogP contribution is 2.24. The Labute approximate surface area is 137 Å². The topological polar surface area (TPSA) is 75.4 Å². The van der Waals surface area contributed by atoms with E-state index in [9.17, 15) is 9.90 Å². The van der Waals surface area contributed by atoms with Crippen LogP contribution in [0.1, 0.15) is 17.7 Å². The number of thiophene rings is 1. The Morgan fingerprint density at radius 1 is 1.39 bits per heavy atom. The molecule has 0 aliphatic carbocycles. The Morgan fingerprint density at radius 2 is 2.22 bits per heavy atom. The fourth-order valence-electron chi connectivity index (χ4n) is 2.10. The summed E-state index contributed by atoms with van der Waals surface area (Å²) in [7, 11) is 0. The minimum atomic E-state index is -1.09. The quantitative estimate of drug-likeness (QED) is 0.706. The van der Waals surface area contributed by atoms with E-state index in [1.165, 1.54) is 23.5 Å². The number of oxazole rings is 1. The first kappa shape index (κ1) is 15.5. The fourth-order valence-corrected chi connectivity index (χ4v) is 2.89. The lowest BCUT2D eigenvalue weighted by Crippen LogP contribution is -2.37. The van der Waals surface area contributed by atoms with E-state index >= 15 is 0 Å². The number of carbonyl (C=O) groups is 1. The van der Waals surface area contributed by atoms with Gasteiger partial charge in [-0.2, -0.15) is 0 Å². The van der Waals surface area contributed by atoms with Gasteiger partial charge in [0.1, 0.15) is 11.1 Å². The number of nitrogens with zero attached hydrogens (tertiary/aromatic N) is 1. The number of amides is 1. The molecule has 0 saturated carbocycles. The molecular formula is C17H16N2O3S. The summed E-state index contributed by atoms with van der Waals surface area (Å²) in [5, 5.41) is 14.9. The Hall–Kier alpha value is -2.44. The Morgan fingerprint density at radius 3 is 2.96 bits per heavy atom. The summed E-state index contributed by atoms with van der Waals surface area (Å²) in [6, 6.07) is 11.1. The maximum Gasteiger partial charge on any atom is 0.244 e. The minimum absolute atomic E-state index is 0.129. The third-order valence-corrected chi connectivity index (χ3v) is 4.47. The molecule has 2 aromatic heterocycles. The molecule has 0 fully saturated rings. The van der Waals surface area contributed by atoms with E-state index in [1.54, 1.807) is 6.92 Å². The van der Waals surface area contributed by atoms with Crippen LogP contribution in [0.3, 0.4) is 0 Å². The van der Waals surface area contributed by atoms with Gasteiger partial charge in [-0.05, 0) is 30.5 Å². The summed E-state index contributed by atoms with van der Waals surface area (Å²) >= 11 is 1.45. The molecule has 0 radical (unpaired) electrons. The van der Waals surface area contributed by atoms with Gasteiger partial charge in [-0.25, -0.2) is 4.98 Å². The number of hydrogen-bond donors (Lipinski definition) is 2. The molecule has 3 rings (SSSR count). The maximum absolute atomic E-state index is 11.9. The van der Waals surface area contributed by atoms with Gasteiger partial charge in [-0.1, -0.05) is 18.2 Å². The molecule has 1 atom stereocenters. The van der Waals surface area contributed by atoms with Crippen molar-refractivity contribution in [2.75, 3.05) is 6.54 Å². The number of rotatable bonds is 5. The van der Waals surface area contributed by atoms with Crippen LogP contribution in [0.15, 0.2) is 52.3 Å². The lowest BCUT2D eigenvalue weighted by atomic mass is 10.1. The molecule has 2 N–H and O–H groups in total. The Bertz CT molecular complexity index is 802. The molecule has 2 heterocycles. The van der Waals surface area contributed by atoms with E-state index < -0.39 is 5.60 Å². The summed E-state index contributed by atoms with van der Waals surface area (Å²) in [5.74, 6) is 0.0513. The normalized spacial score (nSPS) is 14.2. The second-order valence-electron chi connectivity index (χ2n) is 5.32. The monoisotopic (exact) mass is 328 g/mol. The average Bonchev–Trinajstić information content (AvgIpc) is 3.20. The van der Waals surface area contributed by atoms with Crippen LogP contribution < -0.4 is 5.32 Å². The zero-order valence-corrected chi connectivity index (χ0v) is 13.3. The van der Waals surface area contributed by atoms with Gasteiger partial charge in [-0.3, -0.25) is 4.79 Å². The SMILES string of the molecule is CC(O)(CNC(=O)C=Cc1nc2ccccc2o1)c1cccs1. The summed E-state index contributed by atoms with van der Waals surface area (Å²) in [6.45, 7) is 1.80. The predicted octanol–water partition coefficient (Wildman–Crippen LogP) is 2.93. The summed E-state index contributed by atoms with van der Waals surface area (Å²) in [4.78, 5) is 16.9. The summed E-state index contributed by atoms with van der Waals surface area (Å²) in [6.07, 6.45) is 2.85. The lowest BCUT2D eigenvalue weighted by molar-refractivity contribution is -0.117. The molecular weight excluding hydrogens is 312 g/mol. The first-order chi connectivity index (χ1) is 11.0. The lowest BCUT2D eigenvalue weighted by Gasteiger charge is -2.21. The average molecular weight is 328 g/mol. The largest absolute Gasteiger partial charge is 0.437 e. The molecule has 0 aliphatic rings. The van der Waals surface area contributed by atoms with E-state index in [0.29, 0.717) is 11.5 Å². The van der Waals surface area contributed by atoms with Gasteiger partial charge in [0.2, 0.25) is 11.8 Å². The third-order valence-electron chi connectivity index (χ3n) is 3.35. The number of carbonyl (C=O) groups excluding carboxylic acids is 1. The van der Waals surface area contributed by atoms with Crippen molar-refractivity contribution in [3.8, 4) is 0 Å². The zero-order valence-electron chi connectivity index (χ0n) is 12.5. The molecule has 0 bridgehead atoms. The Kier molecular flexibility index (Phi) is 4.27. The number of nitrogens with one attached hydrogen (secondary N) is 1. The highest BCUT2D eigenvalue weighted by molar-refractivity contribution is 7.10. The molecule has 1 aromatic carbocycles. The van der Waals surface area contributed by atoms with Crippen molar-refractivity contribution < 1.29 is 14.3 Å². The van der Waals surface area contributed by atoms with Gasteiger partial charge in [0.25, 0.3) is 0 Å². The van der Waals surface area contributed by atoms with Crippen molar-refractivity contribution >= 4 is 34.4 Å². The number of para-hydroxylation sites is 2. The highest BCUT2D eigenvalue weighted by Gasteiger charge is 2.24. The van der Waals surface area contributed by atoms with Crippen molar-refractivity contribution in [2.24, 2.45) is 0 Å². The molecule has 23 heavy (non-hydrogen) atoms. The molecule has 0 spiro atoms. The predicted molar refractivity (Wildman–Crippen MR) is 89.9 cm³/mol. The highest BCUT2D eigenvalue weighted by atomic mass is 32.1. The van der Waals surface area contributed by atoms with Gasteiger partial charge < -0.3 is 14.8 Å². The Balaban J connectivity index is 1.60. The third kappa shape index (κ3) is 3.67. The van der Waals surface area contributed by atoms with Crippen LogP contribution in [0.5, 0.6) is 0 Å². The summed E-state index contributed by atoms with van der Waals surface area (Å²) in [5.41, 5.74) is 0.330. The molecule has 1 unspecified atom stereocenters. The van der Waals surface area contributed by atoms with Crippen LogP contribution in [-0.2, 0) is 10.4 Å². The number of fused-ring (bicyclic) bond motifs is 1. The molecule has 5 nitrogen and oxygen atoms in total. The van der Waals surface area contributed by atoms with Crippen molar-refractivity contribution in [2.45, 2.75) is 12.5 Å². The van der Waals surface area contributed by atoms with Crippen molar-refractivity contribution in [1.82, 2.24) is 10.3 Å². The van der Waals surface area contributed by atoms with Crippen LogP contribution in [0.4, 0.5) is 0 Å². The van der Waals surface area contributed by atoms with Gasteiger partial charge >= 0.3 is 0 Å². The number of aromatic nitrogens is 1. The molecule has 0 aliphatic heterocycles. The van der Waals surface area contributed by atoms with Crippen molar-refractivity contribution in [3.63, 3.8) is 0 Å². The molecule has 0 saturated heterocycles. The zero-order chi connectivity index (χ0) is 16.3. The minimum Gasteiger partial charge on any atom is -0.437 e. The van der Waals surface area contributed by atoms with Gasteiger partial charge in [0.05, 0.1) is 6.54 Å². The fraction of sp³-hybridized carbons (Fsp3) is 0.176. The maximum atomic E-state index is 11.9. The molecule has 118 valence electrons. The van der Waals surface area contributed by atoms with Gasteiger partial charge in [0.15, 0.2) is 5.58 Å². The first-order valence-corrected chi connectivity index (χ1v) is 8.00. The van der Waals surface area contributed by atoms with E-state index in [0.717, 1.165) is 10.4 Å². The first-order valence-electron chi connectivity index (χ1n) is 7.12.